The second-order valence-corrected chi connectivity index (χ2v) is 9.88. The van der Waals surface area contributed by atoms with E-state index >= 15 is 0 Å². The fourth-order valence-electron chi connectivity index (χ4n) is 4.90. The molecule has 6 nitrogen and oxygen atoms in total. The molecule has 38 heavy (non-hydrogen) atoms. The number of nitrogens with one attached hydrogen (secondary N) is 2. The summed E-state index contributed by atoms with van der Waals surface area (Å²) in [5.74, 6) is 1.32. The molecule has 0 bridgehead atoms. The first-order valence-electron chi connectivity index (χ1n) is 12.8. The molecule has 2 N–H and O–H groups in total. The quantitative estimate of drug-likeness (QED) is 0.324. The van der Waals surface area contributed by atoms with Crippen molar-refractivity contribution in [3.05, 3.63) is 113 Å². The maximum Gasteiger partial charge on any atom is 0.251 e. The van der Waals surface area contributed by atoms with Crippen LogP contribution in [-0.2, 0) is 16.8 Å². The van der Waals surface area contributed by atoms with E-state index in [-0.39, 0.29) is 18.6 Å². The predicted octanol–water partition coefficient (Wildman–Crippen LogP) is 5.99. The molecule has 190 valence electrons. The topological polar surface area (TPSA) is 76.7 Å². The molecule has 2 amide bonds. The van der Waals surface area contributed by atoms with Gasteiger partial charge in [-0.2, -0.15) is 0 Å². The summed E-state index contributed by atoms with van der Waals surface area (Å²) >= 11 is 0. The Morgan fingerprint density at radius 1 is 0.842 bits per heavy atom. The fraction of sp³-hybridized carbons (Fsp3) is 0.188. The summed E-state index contributed by atoms with van der Waals surface area (Å²) in [6, 6.07) is 29.1. The third kappa shape index (κ3) is 4.61. The lowest BCUT2D eigenvalue weighted by Gasteiger charge is -2.17. The molecule has 0 aromatic heterocycles. The number of ether oxygens (including phenoxy) is 2. The molecule has 1 aliphatic carbocycles. The molecule has 0 unspecified atom stereocenters. The molecule has 0 saturated heterocycles. The van der Waals surface area contributed by atoms with E-state index in [4.69, 9.17) is 9.47 Å². The zero-order valence-electron chi connectivity index (χ0n) is 21.1. The molecule has 6 heteroatoms. The van der Waals surface area contributed by atoms with E-state index in [9.17, 15) is 9.59 Å². The largest absolute Gasteiger partial charge is 0.454 e. The van der Waals surface area contributed by atoms with Crippen molar-refractivity contribution in [3.8, 4) is 22.6 Å². The van der Waals surface area contributed by atoms with Gasteiger partial charge in [-0.25, -0.2) is 0 Å². The third-order valence-electron chi connectivity index (χ3n) is 7.36. The Kier molecular flexibility index (Phi) is 6.08. The number of benzene rings is 4. The van der Waals surface area contributed by atoms with Crippen LogP contribution in [0.25, 0.3) is 11.1 Å². The molecule has 1 aliphatic heterocycles. The zero-order chi connectivity index (χ0) is 26.1. The zero-order valence-corrected chi connectivity index (χ0v) is 21.1. The number of hydrogen-bond acceptors (Lipinski definition) is 4. The second-order valence-electron chi connectivity index (χ2n) is 9.88. The summed E-state index contributed by atoms with van der Waals surface area (Å²) in [5.41, 5.74) is 6.07. The number of carbonyl (C=O) groups excluding carboxylic acids is 2. The van der Waals surface area contributed by atoms with Crippen LogP contribution < -0.4 is 20.1 Å². The van der Waals surface area contributed by atoms with Crippen LogP contribution in [0.4, 0.5) is 5.69 Å². The maximum atomic E-state index is 13.4. The number of aryl methyl sites for hydroxylation is 1. The van der Waals surface area contributed by atoms with Gasteiger partial charge in [0, 0.05) is 17.8 Å². The average molecular weight is 505 g/mol. The highest BCUT2D eigenvalue weighted by atomic mass is 16.7. The van der Waals surface area contributed by atoms with Crippen molar-refractivity contribution in [1.82, 2.24) is 5.32 Å². The minimum atomic E-state index is -0.530. The minimum absolute atomic E-state index is 0.00401. The van der Waals surface area contributed by atoms with Gasteiger partial charge in [-0.1, -0.05) is 54.6 Å². The molecule has 6 rings (SSSR count). The summed E-state index contributed by atoms with van der Waals surface area (Å²) in [6.45, 7) is 2.72. The van der Waals surface area contributed by atoms with Gasteiger partial charge in [0.15, 0.2) is 11.5 Å². The van der Waals surface area contributed by atoms with E-state index in [1.165, 1.54) is 0 Å². The molecule has 2 aliphatic rings. The van der Waals surface area contributed by atoms with Gasteiger partial charge in [0.05, 0.1) is 5.41 Å². The molecular weight excluding hydrogens is 476 g/mol. The molecule has 1 saturated carbocycles. The van der Waals surface area contributed by atoms with Crippen LogP contribution in [-0.4, -0.2) is 18.6 Å². The maximum absolute atomic E-state index is 13.4. The molecule has 1 heterocycles. The van der Waals surface area contributed by atoms with Crippen molar-refractivity contribution in [3.63, 3.8) is 0 Å². The van der Waals surface area contributed by atoms with Gasteiger partial charge in [0.1, 0.15) is 0 Å². The lowest BCUT2D eigenvalue weighted by molar-refractivity contribution is -0.118. The van der Waals surface area contributed by atoms with Crippen molar-refractivity contribution in [2.45, 2.75) is 31.7 Å². The molecular formula is C32H28N2O4. The third-order valence-corrected chi connectivity index (χ3v) is 7.36. The van der Waals surface area contributed by atoms with Gasteiger partial charge in [-0.15, -0.1) is 0 Å². The van der Waals surface area contributed by atoms with Crippen molar-refractivity contribution in [2.75, 3.05) is 12.1 Å². The Bertz CT molecular complexity index is 1510. The van der Waals surface area contributed by atoms with Gasteiger partial charge < -0.3 is 20.1 Å². The highest BCUT2D eigenvalue weighted by molar-refractivity contribution is 6.02. The van der Waals surface area contributed by atoms with Crippen molar-refractivity contribution in [1.29, 1.82) is 0 Å². The number of carbonyl (C=O) groups is 2. The Morgan fingerprint density at radius 2 is 1.61 bits per heavy atom. The summed E-state index contributed by atoms with van der Waals surface area (Å²) in [6.07, 6.45) is 1.61. The van der Waals surface area contributed by atoms with Crippen LogP contribution in [0.5, 0.6) is 11.5 Å². The fourth-order valence-corrected chi connectivity index (χ4v) is 4.90. The van der Waals surface area contributed by atoms with E-state index in [0.717, 1.165) is 52.1 Å². The van der Waals surface area contributed by atoms with Crippen LogP contribution >= 0.6 is 0 Å². The average Bonchev–Trinajstić information content (AvgIpc) is 3.64. The summed E-state index contributed by atoms with van der Waals surface area (Å²) < 4.78 is 10.9. The molecule has 0 atom stereocenters. The lowest BCUT2D eigenvalue weighted by Crippen LogP contribution is -2.27. The summed E-state index contributed by atoms with van der Waals surface area (Å²) in [5, 5.41) is 6.11. The van der Waals surface area contributed by atoms with Gasteiger partial charge in [-0.05, 0) is 84.0 Å². The van der Waals surface area contributed by atoms with E-state index in [1.807, 2.05) is 78.9 Å². The molecule has 1 fully saturated rings. The first-order chi connectivity index (χ1) is 18.5. The molecule has 0 radical (unpaired) electrons. The van der Waals surface area contributed by atoms with Gasteiger partial charge >= 0.3 is 0 Å². The van der Waals surface area contributed by atoms with Gasteiger partial charge in [0.2, 0.25) is 12.7 Å². The van der Waals surface area contributed by atoms with E-state index < -0.39 is 5.41 Å². The Balaban J connectivity index is 1.14. The number of hydrogen-bond donors (Lipinski definition) is 2. The van der Waals surface area contributed by atoms with Crippen LogP contribution in [0.1, 0.15) is 39.9 Å². The Hall–Kier alpha value is -4.58. The van der Waals surface area contributed by atoms with Gasteiger partial charge in [-0.3, -0.25) is 9.59 Å². The van der Waals surface area contributed by atoms with Crippen molar-refractivity contribution < 1.29 is 19.1 Å². The van der Waals surface area contributed by atoms with Crippen LogP contribution in [0.3, 0.4) is 0 Å². The minimum Gasteiger partial charge on any atom is -0.454 e. The smallest absolute Gasteiger partial charge is 0.251 e. The predicted molar refractivity (Wildman–Crippen MR) is 146 cm³/mol. The normalized spacial score (nSPS) is 14.6. The first kappa shape index (κ1) is 23.8. The summed E-state index contributed by atoms with van der Waals surface area (Å²) in [4.78, 5) is 25.7. The number of fused-ring (bicyclic) bond motifs is 1. The first-order valence-corrected chi connectivity index (χ1v) is 12.8. The van der Waals surface area contributed by atoms with Gasteiger partial charge in [0.25, 0.3) is 5.91 Å². The number of anilines is 1. The second kappa shape index (κ2) is 9.71. The highest BCUT2D eigenvalue weighted by Gasteiger charge is 2.51. The van der Waals surface area contributed by atoms with Crippen molar-refractivity contribution in [2.24, 2.45) is 0 Å². The highest BCUT2D eigenvalue weighted by Crippen LogP contribution is 2.51. The number of rotatable bonds is 7. The standard InChI is InChI=1S/C32H28N2O4/c1-21-7-13-26(34-31(36)32(15-16-32)25-12-14-28-29(17-25)38-20-37-28)18-27(21)23-10-8-22(9-11-23)19-33-30(35)24-5-3-2-4-6-24/h2-14,17-18H,15-16,19-20H2,1H3,(H,33,35)(H,34,36). The molecule has 4 aromatic carbocycles. The van der Waals surface area contributed by atoms with Crippen LogP contribution in [0.2, 0.25) is 0 Å². The van der Waals surface area contributed by atoms with Crippen molar-refractivity contribution >= 4 is 17.5 Å². The monoisotopic (exact) mass is 504 g/mol. The van der Waals surface area contributed by atoms with E-state index in [0.29, 0.717) is 17.9 Å². The van der Waals surface area contributed by atoms with E-state index in [1.54, 1.807) is 12.1 Å². The molecule has 0 spiro atoms. The Labute approximate surface area is 221 Å². The number of amides is 2. The van der Waals surface area contributed by atoms with E-state index in [2.05, 4.69) is 17.6 Å². The lowest BCUT2D eigenvalue weighted by atomic mass is 9.94. The van der Waals surface area contributed by atoms with Crippen LogP contribution in [0.15, 0.2) is 91.0 Å². The Morgan fingerprint density at radius 3 is 2.37 bits per heavy atom. The van der Waals surface area contributed by atoms with Crippen LogP contribution in [0, 0.1) is 6.92 Å². The SMILES string of the molecule is Cc1ccc(NC(=O)C2(c3ccc4c(c3)OCO4)CC2)cc1-c1ccc(CNC(=O)c2ccccc2)cc1. The molecule has 4 aromatic rings. The summed E-state index contributed by atoms with van der Waals surface area (Å²) in [7, 11) is 0.